The Hall–Kier alpha value is -3.28. The van der Waals surface area contributed by atoms with E-state index in [-0.39, 0.29) is 0 Å². The lowest BCUT2D eigenvalue weighted by Crippen LogP contribution is -2.30. The number of rotatable bonds is 3. The molecule has 136 valence electrons. The molecule has 2 atom stereocenters. The van der Waals surface area contributed by atoms with Crippen molar-refractivity contribution in [3.05, 3.63) is 30.6 Å². The summed E-state index contributed by atoms with van der Waals surface area (Å²) in [6.45, 7) is 6.59. The van der Waals surface area contributed by atoms with E-state index in [4.69, 9.17) is 5.26 Å². The molecular weight excluding hydrogens is 342 g/mol. The first-order chi connectivity index (χ1) is 13.3. The van der Waals surface area contributed by atoms with Gasteiger partial charge in [0.2, 0.25) is 5.95 Å². The highest BCUT2D eigenvalue weighted by molar-refractivity contribution is 5.83. The molecule has 0 amide bonds. The van der Waals surface area contributed by atoms with Crippen molar-refractivity contribution in [2.24, 2.45) is 11.8 Å². The van der Waals surface area contributed by atoms with Gasteiger partial charge in [-0.1, -0.05) is 0 Å². The van der Waals surface area contributed by atoms with Gasteiger partial charge in [0.15, 0.2) is 17.0 Å². The zero-order valence-corrected chi connectivity index (χ0v) is 15.0. The first-order valence-corrected chi connectivity index (χ1v) is 9.15. The minimum Gasteiger partial charge on any atom is -0.354 e. The van der Waals surface area contributed by atoms with Crippen LogP contribution in [0.25, 0.3) is 11.2 Å². The molecule has 0 aliphatic carbocycles. The highest BCUT2D eigenvalue weighted by atomic mass is 15.3. The molecule has 0 aromatic carbocycles. The highest BCUT2D eigenvalue weighted by Crippen LogP contribution is 2.36. The smallest absolute Gasteiger partial charge is 0.226 e. The number of imidazole rings is 1. The van der Waals surface area contributed by atoms with Crippen LogP contribution < -0.4 is 9.80 Å². The molecule has 27 heavy (non-hydrogen) atoms. The number of aryl methyl sites for hydroxylation is 1. The molecule has 9 nitrogen and oxygen atoms in total. The zero-order chi connectivity index (χ0) is 18.4. The maximum absolute atomic E-state index is 9.05. The monoisotopic (exact) mass is 361 g/mol. The van der Waals surface area contributed by atoms with E-state index in [1.54, 1.807) is 18.6 Å². The van der Waals surface area contributed by atoms with Crippen LogP contribution in [0.1, 0.15) is 12.6 Å². The minimum absolute atomic E-state index is 0.411. The van der Waals surface area contributed by atoms with Crippen LogP contribution in [0.5, 0.6) is 0 Å². The van der Waals surface area contributed by atoms with Crippen molar-refractivity contribution in [3.63, 3.8) is 0 Å². The Morgan fingerprint density at radius 3 is 2.59 bits per heavy atom. The van der Waals surface area contributed by atoms with E-state index < -0.39 is 0 Å². The third-order valence-corrected chi connectivity index (χ3v) is 5.55. The summed E-state index contributed by atoms with van der Waals surface area (Å²) in [5, 5.41) is 9.05. The molecule has 3 aromatic heterocycles. The van der Waals surface area contributed by atoms with Crippen molar-refractivity contribution in [2.45, 2.75) is 13.5 Å². The quantitative estimate of drug-likeness (QED) is 0.683. The van der Waals surface area contributed by atoms with Crippen molar-refractivity contribution in [1.82, 2.24) is 29.5 Å². The third kappa shape index (κ3) is 2.56. The molecule has 2 fully saturated rings. The fourth-order valence-corrected chi connectivity index (χ4v) is 4.22. The van der Waals surface area contributed by atoms with Crippen LogP contribution >= 0.6 is 0 Å². The summed E-state index contributed by atoms with van der Waals surface area (Å²) in [4.78, 5) is 26.7. The summed E-state index contributed by atoms with van der Waals surface area (Å²) in [5.41, 5.74) is 2.18. The first-order valence-electron chi connectivity index (χ1n) is 9.15. The second-order valence-corrected chi connectivity index (χ2v) is 7.08. The molecule has 0 radical (unpaired) electrons. The van der Waals surface area contributed by atoms with Gasteiger partial charge in [0.1, 0.15) is 18.1 Å². The zero-order valence-electron chi connectivity index (χ0n) is 15.0. The van der Waals surface area contributed by atoms with Crippen LogP contribution in [0.15, 0.2) is 24.9 Å². The van der Waals surface area contributed by atoms with Crippen LogP contribution in [0.3, 0.4) is 0 Å². The number of hydrogen-bond acceptors (Lipinski definition) is 8. The molecule has 2 saturated heterocycles. The molecule has 5 heterocycles. The lowest BCUT2D eigenvalue weighted by Gasteiger charge is -2.22. The van der Waals surface area contributed by atoms with Gasteiger partial charge in [-0.05, 0) is 13.0 Å². The van der Waals surface area contributed by atoms with E-state index in [9.17, 15) is 0 Å². The van der Waals surface area contributed by atoms with E-state index in [2.05, 4.69) is 47.7 Å². The average Bonchev–Trinajstić information content (AvgIpc) is 3.40. The summed E-state index contributed by atoms with van der Waals surface area (Å²) in [6, 6.07) is 3.72. The molecule has 2 aliphatic rings. The molecule has 0 bridgehead atoms. The molecule has 3 aromatic rings. The van der Waals surface area contributed by atoms with Gasteiger partial charge in [-0.2, -0.15) is 5.26 Å². The maximum Gasteiger partial charge on any atom is 0.226 e. The van der Waals surface area contributed by atoms with Crippen molar-refractivity contribution in [2.75, 3.05) is 36.0 Å². The molecule has 9 heteroatoms. The van der Waals surface area contributed by atoms with Crippen molar-refractivity contribution in [3.8, 4) is 6.07 Å². The number of aromatic nitrogens is 6. The number of anilines is 2. The summed E-state index contributed by atoms with van der Waals surface area (Å²) >= 11 is 0. The topological polar surface area (TPSA) is 99.7 Å². The van der Waals surface area contributed by atoms with Gasteiger partial charge in [0.05, 0.1) is 6.33 Å². The lowest BCUT2D eigenvalue weighted by atomic mass is 10.0. The van der Waals surface area contributed by atoms with Crippen molar-refractivity contribution in [1.29, 1.82) is 5.26 Å². The first kappa shape index (κ1) is 15.9. The number of hydrogen-bond donors (Lipinski definition) is 0. The summed E-state index contributed by atoms with van der Waals surface area (Å²) in [6.07, 6.45) is 5.12. The molecule has 0 spiro atoms. The predicted octanol–water partition coefficient (Wildman–Crippen LogP) is 1.08. The Morgan fingerprint density at radius 1 is 1.07 bits per heavy atom. The average molecular weight is 361 g/mol. The SMILES string of the molecule is CCn1cnc2c(N3CC4CN(c5nccc(C#N)n5)CC4C3)ncnc21. The summed E-state index contributed by atoms with van der Waals surface area (Å²) in [5.74, 6) is 2.63. The Morgan fingerprint density at radius 2 is 1.85 bits per heavy atom. The van der Waals surface area contributed by atoms with Crippen molar-refractivity contribution >= 4 is 22.9 Å². The van der Waals surface area contributed by atoms with E-state index in [0.717, 1.165) is 49.7 Å². The van der Waals surface area contributed by atoms with E-state index in [1.165, 1.54) is 0 Å². The van der Waals surface area contributed by atoms with Gasteiger partial charge in [-0.25, -0.2) is 24.9 Å². The molecule has 2 aliphatic heterocycles. The Kier molecular flexibility index (Phi) is 3.63. The second kappa shape index (κ2) is 6.16. The Labute approximate surface area is 156 Å². The van der Waals surface area contributed by atoms with Gasteiger partial charge in [0.25, 0.3) is 0 Å². The van der Waals surface area contributed by atoms with Crippen LogP contribution in [-0.2, 0) is 6.54 Å². The minimum atomic E-state index is 0.411. The van der Waals surface area contributed by atoms with Crippen LogP contribution in [0, 0.1) is 23.2 Å². The predicted molar refractivity (Wildman–Crippen MR) is 99.2 cm³/mol. The maximum atomic E-state index is 9.05. The van der Waals surface area contributed by atoms with Crippen LogP contribution in [0.4, 0.5) is 11.8 Å². The van der Waals surface area contributed by atoms with Gasteiger partial charge in [-0.15, -0.1) is 0 Å². The van der Waals surface area contributed by atoms with E-state index in [0.29, 0.717) is 23.5 Å². The summed E-state index contributed by atoms with van der Waals surface area (Å²) < 4.78 is 2.04. The number of nitrogens with zero attached hydrogens (tertiary/aromatic N) is 9. The van der Waals surface area contributed by atoms with Gasteiger partial charge < -0.3 is 14.4 Å². The van der Waals surface area contributed by atoms with Crippen molar-refractivity contribution < 1.29 is 0 Å². The van der Waals surface area contributed by atoms with Gasteiger partial charge in [0, 0.05) is 50.8 Å². The molecule has 0 saturated carbocycles. The Balaban J connectivity index is 1.36. The van der Waals surface area contributed by atoms with Gasteiger partial charge >= 0.3 is 0 Å². The Bertz CT molecular complexity index is 1020. The number of nitriles is 1. The van der Waals surface area contributed by atoms with Crippen LogP contribution in [0.2, 0.25) is 0 Å². The normalized spacial score (nSPS) is 21.6. The third-order valence-electron chi connectivity index (χ3n) is 5.55. The lowest BCUT2D eigenvalue weighted by molar-refractivity contribution is 0.533. The molecule has 5 rings (SSSR count). The summed E-state index contributed by atoms with van der Waals surface area (Å²) in [7, 11) is 0. The largest absolute Gasteiger partial charge is 0.354 e. The standard InChI is InChI=1S/C18H19N9/c1-2-25-11-23-15-16(25)21-10-22-17(15)26-6-12-8-27(9-13(12)7-26)18-20-4-3-14(5-19)24-18/h3-4,10-13H,2,6-9H2,1H3. The number of fused-ring (bicyclic) bond motifs is 2. The highest BCUT2D eigenvalue weighted by Gasteiger charge is 2.41. The molecule has 0 N–H and O–H groups in total. The van der Waals surface area contributed by atoms with E-state index >= 15 is 0 Å². The fraction of sp³-hybridized carbons (Fsp3) is 0.444. The molecular formula is C18H19N9. The van der Waals surface area contributed by atoms with Gasteiger partial charge in [-0.3, -0.25) is 0 Å². The molecule has 2 unspecified atom stereocenters. The second-order valence-electron chi connectivity index (χ2n) is 7.08. The van der Waals surface area contributed by atoms with Crippen LogP contribution in [-0.4, -0.2) is 55.7 Å². The van der Waals surface area contributed by atoms with E-state index in [1.807, 2.05) is 10.9 Å². The fourth-order valence-electron chi connectivity index (χ4n) is 4.22.